The topological polar surface area (TPSA) is 103 Å². The van der Waals surface area contributed by atoms with Gasteiger partial charge < -0.3 is 19.8 Å². The first kappa shape index (κ1) is 27.2. The summed E-state index contributed by atoms with van der Waals surface area (Å²) in [6.45, 7) is 3.63. The van der Waals surface area contributed by atoms with E-state index < -0.39 is 11.2 Å². The zero-order chi connectivity index (χ0) is 27.5. The van der Waals surface area contributed by atoms with Gasteiger partial charge in [0, 0.05) is 35.2 Å². The molecule has 0 saturated carbocycles. The number of nitrogens with two attached hydrogens (primary N) is 1. The first-order valence-electron chi connectivity index (χ1n) is 14.5. The number of amides is 1. The van der Waals surface area contributed by atoms with E-state index in [0.717, 1.165) is 66.1 Å². The van der Waals surface area contributed by atoms with Crippen LogP contribution in [-0.4, -0.2) is 72.5 Å². The van der Waals surface area contributed by atoms with Gasteiger partial charge in [-0.15, -0.1) is 0 Å². The summed E-state index contributed by atoms with van der Waals surface area (Å²) in [6.07, 6.45) is 9.10. The first-order chi connectivity index (χ1) is 19.6. The second-order valence-electron chi connectivity index (χ2n) is 10.9. The summed E-state index contributed by atoms with van der Waals surface area (Å²) in [5, 5.41) is 2.25. The summed E-state index contributed by atoms with van der Waals surface area (Å²) in [7, 11) is 0. The number of aryl methyl sites for hydroxylation is 1. The Morgan fingerprint density at radius 1 is 1.05 bits per heavy atom. The molecule has 2 aliphatic rings. The largest absolute Gasteiger partial charge is 0.616 e. The molecule has 6 rings (SSSR count). The van der Waals surface area contributed by atoms with Gasteiger partial charge in [-0.05, 0) is 69.0 Å². The van der Waals surface area contributed by atoms with Gasteiger partial charge in [0.2, 0.25) is 5.91 Å². The predicted octanol–water partition coefficient (Wildman–Crippen LogP) is 3.79. The minimum absolute atomic E-state index is 0.0689. The maximum absolute atomic E-state index is 13.5. The molecule has 0 spiro atoms. The van der Waals surface area contributed by atoms with Crippen molar-refractivity contribution < 1.29 is 9.35 Å². The van der Waals surface area contributed by atoms with E-state index in [9.17, 15) is 9.35 Å². The van der Waals surface area contributed by atoms with Crippen molar-refractivity contribution in [1.29, 1.82) is 0 Å². The van der Waals surface area contributed by atoms with Crippen LogP contribution in [0.4, 0.5) is 0 Å². The Labute approximate surface area is 238 Å². The number of nitrogens with zero attached hydrogens (tertiary/aromatic N) is 5. The predicted molar refractivity (Wildman–Crippen MR) is 160 cm³/mol. The van der Waals surface area contributed by atoms with Gasteiger partial charge in [-0.1, -0.05) is 35.4 Å². The van der Waals surface area contributed by atoms with Gasteiger partial charge in [-0.3, -0.25) is 19.7 Å². The maximum Gasteiger partial charge on any atom is 0.242 e. The number of hydrogen-bond donors (Lipinski definition) is 1. The van der Waals surface area contributed by atoms with Crippen molar-refractivity contribution in [3.8, 4) is 0 Å². The molecule has 9 heteroatoms. The fourth-order valence-electron chi connectivity index (χ4n) is 6.41. The Morgan fingerprint density at radius 2 is 1.90 bits per heavy atom. The summed E-state index contributed by atoms with van der Waals surface area (Å²) in [5.41, 5.74) is 11.5. The quantitative estimate of drug-likeness (QED) is 0.248. The molecule has 1 aliphatic carbocycles. The number of hydrogen-bond acceptors (Lipinski definition) is 6. The number of fused-ring (bicyclic) bond motifs is 4. The Kier molecular flexibility index (Phi) is 8.34. The number of aromatic nitrogens is 3. The summed E-state index contributed by atoms with van der Waals surface area (Å²) in [5.74, 6) is 1.18. The van der Waals surface area contributed by atoms with Crippen LogP contribution in [0.15, 0.2) is 54.9 Å². The third-order valence-electron chi connectivity index (χ3n) is 8.44. The van der Waals surface area contributed by atoms with Gasteiger partial charge in [-0.25, -0.2) is 0 Å². The Bertz CT molecular complexity index is 1480. The van der Waals surface area contributed by atoms with Gasteiger partial charge in [-0.2, -0.15) is 0 Å². The molecule has 1 amide bonds. The molecule has 0 bridgehead atoms. The summed E-state index contributed by atoms with van der Waals surface area (Å²) >= 11 is -0.822. The maximum atomic E-state index is 13.5. The highest BCUT2D eigenvalue weighted by atomic mass is 32.2. The average molecular weight is 559 g/mol. The fourth-order valence-corrected chi connectivity index (χ4v) is 7.46. The number of benzene rings is 1. The molecule has 210 valence electrons. The fraction of sp³-hybridized carbons (Fsp3) is 0.452. The van der Waals surface area contributed by atoms with Crippen molar-refractivity contribution in [2.45, 2.75) is 51.2 Å². The third-order valence-corrected chi connectivity index (χ3v) is 9.71. The molecule has 2 N–H and O–H groups in total. The number of para-hydroxylation sites is 1. The van der Waals surface area contributed by atoms with Crippen molar-refractivity contribution in [3.05, 3.63) is 71.8 Å². The lowest BCUT2D eigenvalue weighted by atomic mass is 9.90. The Hall–Kier alpha value is -2.98. The van der Waals surface area contributed by atoms with Crippen LogP contribution in [0.1, 0.15) is 48.7 Å². The number of pyridine rings is 2. The molecule has 0 unspecified atom stereocenters. The molecular formula is C31H38N6O2S. The number of rotatable bonds is 9. The van der Waals surface area contributed by atoms with E-state index in [-0.39, 0.29) is 18.5 Å². The molecular weight excluding hydrogens is 520 g/mol. The normalized spacial score (nSPS) is 18.1. The van der Waals surface area contributed by atoms with Gasteiger partial charge in [0.05, 0.1) is 36.0 Å². The molecule has 1 aromatic carbocycles. The molecule has 0 radical (unpaired) electrons. The molecule has 1 fully saturated rings. The van der Waals surface area contributed by atoms with Crippen molar-refractivity contribution in [2.75, 3.05) is 37.7 Å². The number of carbonyl (C=O) groups is 1. The van der Waals surface area contributed by atoms with E-state index >= 15 is 0 Å². The smallest absolute Gasteiger partial charge is 0.242 e. The number of unbranched alkanes of at least 4 members (excludes halogenated alkanes) is 1. The minimum Gasteiger partial charge on any atom is -0.616 e. The van der Waals surface area contributed by atoms with E-state index in [1.807, 2.05) is 29.4 Å². The highest BCUT2D eigenvalue weighted by Gasteiger charge is 2.29. The van der Waals surface area contributed by atoms with E-state index in [0.29, 0.717) is 37.7 Å². The summed E-state index contributed by atoms with van der Waals surface area (Å²) in [6, 6.07) is 14.9. The van der Waals surface area contributed by atoms with E-state index in [1.54, 1.807) is 0 Å². The van der Waals surface area contributed by atoms with Crippen LogP contribution < -0.4 is 5.73 Å². The molecule has 1 aliphatic heterocycles. The molecule has 8 nitrogen and oxygen atoms in total. The van der Waals surface area contributed by atoms with Crippen molar-refractivity contribution in [1.82, 2.24) is 24.3 Å². The average Bonchev–Trinajstić information content (AvgIpc) is 3.31. The summed E-state index contributed by atoms with van der Waals surface area (Å²) < 4.78 is 14.0. The SMILES string of the molecule is NCCCCN(Cc1nccc2c3ccccc3n(CC(=O)N3CC[S+]([O-])CC3)c12)[C@H]1CCCc2cccnc21. The Morgan fingerprint density at radius 3 is 2.75 bits per heavy atom. The molecule has 4 aromatic rings. The van der Waals surface area contributed by atoms with Crippen LogP contribution in [0, 0.1) is 0 Å². The highest BCUT2D eigenvalue weighted by Crippen LogP contribution is 2.36. The van der Waals surface area contributed by atoms with Crippen molar-refractivity contribution in [2.24, 2.45) is 5.73 Å². The zero-order valence-corrected chi connectivity index (χ0v) is 23.8. The second kappa shape index (κ2) is 12.3. The monoisotopic (exact) mass is 558 g/mol. The third kappa shape index (κ3) is 5.48. The van der Waals surface area contributed by atoms with E-state index in [2.05, 4.69) is 39.8 Å². The van der Waals surface area contributed by atoms with Crippen molar-refractivity contribution in [3.63, 3.8) is 0 Å². The minimum atomic E-state index is -0.822. The van der Waals surface area contributed by atoms with E-state index in [1.165, 1.54) is 11.3 Å². The van der Waals surface area contributed by atoms with Crippen LogP contribution in [0.5, 0.6) is 0 Å². The van der Waals surface area contributed by atoms with Gasteiger partial charge >= 0.3 is 0 Å². The lowest BCUT2D eigenvalue weighted by molar-refractivity contribution is -0.131. The molecule has 1 atom stereocenters. The van der Waals surface area contributed by atoms with Crippen LogP contribution in [0.25, 0.3) is 21.8 Å². The van der Waals surface area contributed by atoms with Crippen LogP contribution in [0.2, 0.25) is 0 Å². The van der Waals surface area contributed by atoms with Gasteiger partial charge in [0.25, 0.3) is 0 Å². The lowest BCUT2D eigenvalue weighted by Gasteiger charge is -2.35. The summed E-state index contributed by atoms with van der Waals surface area (Å²) in [4.78, 5) is 27.7. The Balaban J connectivity index is 1.39. The van der Waals surface area contributed by atoms with Gasteiger partial charge in [0.1, 0.15) is 18.1 Å². The highest BCUT2D eigenvalue weighted by molar-refractivity contribution is 7.91. The van der Waals surface area contributed by atoms with Crippen LogP contribution in [0.3, 0.4) is 0 Å². The lowest BCUT2D eigenvalue weighted by Crippen LogP contribution is -2.45. The van der Waals surface area contributed by atoms with Gasteiger partial charge in [0.15, 0.2) is 0 Å². The molecule has 40 heavy (non-hydrogen) atoms. The zero-order valence-electron chi connectivity index (χ0n) is 23.0. The standard InChI is InChI=1S/C31H38N6O2S/c32-13-3-4-16-36(28-11-5-7-23-8-6-14-34-30(23)28)21-26-31-25(12-15-33-26)24-9-1-2-10-27(24)37(31)22-29(38)35-17-19-40(39)20-18-35/h1-2,6,8-10,12,14-15,28H,3-5,7,11,13,16-22,32H2/t28-/m0/s1. The second-order valence-corrected chi connectivity index (χ2v) is 12.6. The number of carbonyl (C=O) groups excluding carboxylic acids is 1. The molecule has 1 saturated heterocycles. The van der Waals surface area contributed by atoms with Crippen molar-refractivity contribution >= 4 is 38.9 Å². The molecule has 3 aromatic heterocycles. The van der Waals surface area contributed by atoms with Crippen LogP contribution in [-0.2, 0) is 35.5 Å². The van der Waals surface area contributed by atoms with Crippen LogP contribution >= 0.6 is 0 Å². The van der Waals surface area contributed by atoms with E-state index in [4.69, 9.17) is 15.7 Å². The molecule has 4 heterocycles. The first-order valence-corrected chi connectivity index (χ1v) is 16.0.